The first-order valence-corrected chi connectivity index (χ1v) is 7.42. The van der Waals surface area contributed by atoms with Crippen molar-refractivity contribution in [2.24, 2.45) is 0 Å². The van der Waals surface area contributed by atoms with Crippen molar-refractivity contribution in [1.29, 1.82) is 0 Å². The zero-order valence-electron chi connectivity index (χ0n) is 13.6. The lowest BCUT2D eigenvalue weighted by Crippen LogP contribution is -2.11. The van der Waals surface area contributed by atoms with Crippen LogP contribution < -0.4 is 0 Å². The van der Waals surface area contributed by atoms with Gasteiger partial charge in [-0.1, -0.05) is 45.0 Å². The Morgan fingerprint density at radius 1 is 1.09 bits per heavy atom. The average molecular weight is 298 g/mol. The number of carbonyl (C=O) groups is 1. The Labute approximate surface area is 131 Å². The molecular formula is C18H22N2O2. The number of rotatable bonds is 4. The molecule has 0 radical (unpaired) electrons. The molecule has 22 heavy (non-hydrogen) atoms. The van der Waals surface area contributed by atoms with E-state index in [-0.39, 0.29) is 11.1 Å². The fourth-order valence-electron chi connectivity index (χ4n) is 2.39. The van der Waals surface area contributed by atoms with E-state index in [1.54, 1.807) is 6.92 Å². The smallest absolute Gasteiger partial charge is 0.354 e. The van der Waals surface area contributed by atoms with Crippen LogP contribution in [0, 0.1) is 6.92 Å². The van der Waals surface area contributed by atoms with Gasteiger partial charge >= 0.3 is 5.97 Å². The van der Waals surface area contributed by atoms with Gasteiger partial charge in [-0.25, -0.2) is 14.8 Å². The van der Waals surface area contributed by atoms with Crippen LogP contribution in [0.5, 0.6) is 0 Å². The van der Waals surface area contributed by atoms with E-state index in [1.807, 2.05) is 0 Å². The number of aromatic carboxylic acids is 1. The van der Waals surface area contributed by atoms with Crippen LogP contribution in [0.15, 0.2) is 30.6 Å². The van der Waals surface area contributed by atoms with Gasteiger partial charge in [0, 0.05) is 11.3 Å². The summed E-state index contributed by atoms with van der Waals surface area (Å²) >= 11 is 0. The third-order valence-corrected chi connectivity index (χ3v) is 3.86. The molecular weight excluding hydrogens is 276 g/mol. The molecule has 1 heterocycles. The Kier molecular flexibility index (Phi) is 4.59. The van der Waals surface area contributed by atoms with Gasteiger partial charge in [-0.05, 0) is 36.3 Å². The summed E-state index contributed by atoms with van der Waals surface area (Å²) in [6, 6.07) is 8.58. The largest absolute Gasteiger partial charge is 0.477 e. The molecule has 1 N–H and O–H groups in total. The number of aryl methyl sites for hydroxylation is 2. The van der Waals surface area contributed by atoms with Crippen molar-refractivity contribution >= 4 is 5.97 Å². The minimum Gasteiger partial charge on any atom is -0.477 e. The third kappa shape index (κ3) is 3.70. The molecule has 0 spiro atoms. The molecule has 0 unspecified atom stereocenters. The second-order valence-corrected chi connectivity index (χ2v) is 6.55. The van der Waals surface area contributed by atoms with Crippen molar-refractivity contribution in [2.45, 2.75) is 46.0 Å². The van der Waals surface area contributed by atoms with Gasteiger partial charge in [-0.15, -0.1) is 0 Å². The molecule has 0 amide bonds. The highest BCUT2D eigenvalue weighted by atomic mass is 16.4. The van der Waals surface area contributed by atoms with Crippen LogP contribution in [-0.2, 0) is 18.3 Å². The van der Waals surface area contributed by atoms with E-state index >= 15 is 0 Å². The predicted octanol–water partition coefficient (Wildman–Crippen LogP) is 3.57. The standard InChI is InChI=1S/C18H22N2O2/c1-12-15(19-11-20-16(12)17(21)22)10-7-13-5-8-14(9-6-13)18(2,3)4/h5-6,8-9,11H,7,10H2,1-4H3,(H,21,22). The van der Waals surface area contributed by atoms with E-state index in [4.69, 9.17) is 5.11 Å². The highest BCUT2D eigenvalue weighted by molar-refractivity contribution is 5.87. The molecule has 1 aromatic heterocycles. The summed E-state index contributed by atoms with van der Waals surface area (Å²) in [5, 5.41) is 9.09. The summed E-state index contributed by atoms with van der Waals surface area (Å²) in [5.74, 6) is -1.00. The van der Waals surface area contributed by atoms with Crippen molar-refractivity contribution in [3.05, 3.63) is 58.7 Å². The third-order valence-electron chi connectivity index (χ3n) is 3.86. The molecule has 0 fully saturated rings. The summed E-state index contributed by atoms with van der Waals surface area (Å²) in [5.41, 5.74) is 4.23. The summed E-state index contributed by atoms with van der Waals surface area (Å²) in [6.45, 7) is 8.35. The molecule has 2 rings (SSSR count). The SMILES string of the molecule is Cc1c(CCc2ccc(C(C)(C)C)cc2)ncnc1C(=O)O. The van der Waals surface area contributed by atoms with Crippen molar-refractivity contribution in [3.63, 3.8) is 0 Å². The highest BCUT2D eigenvalue weighted by Crippen LogP contribution is 2.22. The van der Waals surface area contributed by atoms with Crippen LogP contribution in [0.4, 0.5) is 0 Å². The van der Waals surface area contributed by atoms with Crippen molar-refractivity contribution in [1.82, 2.24) is 9.97 Å². The summed E-state index contributed by atoms with van der Waals surface area (Å²) < 4.78 is 0. The van der Waals surface area contributed by atoms with Gasteiger partial charge in [0.1, 0.15) is 6.33 Å². The van der Waals surface area contributed by atoms with E-state index in [1.165, 1.54) is 17.5 Å². The van der Waals surface area contributed by atoms with Crippen LogP contribution in [0.2, 0.25) is 0 Å². The van der Waals surface area contributed by atoms with Crippen LogP contribution in [0.3, 0.4) is 0 Å². The van der Waals surface area contributed by atoms with Crippen LogP contribution in [0.25, 0.3) is 0 Å². The van der Waals surface area contributed by atoms with Crippen molar-refractivity contribution in [2.75, 3.05) is 0 Å². The molecule has 2 aromatic rings. The van der Waals surface area contributed by atoms with Gasteiger partial charge in [0.05, 0.1) is 0 Å². The zero-order valence-corrected chi connectivity index (χ0v) is 13.6. The minimum absolute atomic E-state index is 0.0908. The summed E-state index contributed by atoms with van der Waals surface area (Å²) in [4.78, 5) is 19.1. The van der Waals surface area contributed by atoms with Gasteiger partial charge in [-0.2, -0.15) is 0 Å². The summed E-state index contributed by atoms with van der Waals surface area (Å²) in [6.07, 6.45) is 2.87. The molecule has 1 aromatic carbocycles. The second-order valence-electron chi connectivity index (χ2n) is 6.55. The number of carboxylic acid groups (broad SMARTS) is 1. The number of nitrogens with zero attached hydrogens (tertiary/aromatic N) is 2. The Hall–Kier alpha value is -2.23. The molecule has 4 heteroatoms. The first kappa shape index (κ1) is 16.1. The molecule has 0 saturated carbocycles. The topological polar surface area (TPSA) is 63.1 Å². The Morgan fingerprint density at radius 2 is 1.73 bits per heavy atom. The van der Waals surface area contributed by atoms with Gasteiger partial charge in [-0.3, -0.25) is 0 Å². The zero-order chi connectivity index (χ0) is 16.3. The number of aromatic nitrogens is 2. The number of hydrogen-bond donors (Lipinski definition) is 1. The Morgan fingerprint density at radius 3 is 2.27 bits per heavy atom. The van der Waals surface area contributed by atoms with Gasteiger partial charge < -0.3 is 5.11 Å². The number of hydrogen-bond acceptors (Lipinski definition) is 3. The van der Waals surface area contributed by atoms with Gasteiger partial charge in [0.15, 0.2) is 5.69 Å². The van der Waals surface area contributed by atoms with Crippen molar-refractivity contribution < 1.29 is 9.90 Å². The average Bonchev–Trinajstić information content (AvgIpc) is 2.45. The normalized spacial score (nSPS) is 11.5. The van der Waals surface area contributed by atoms with E-state index in [0.717, 1.165) is 12.1 Å². The van der Waals surface area contributed by atoms with E-state index in [0.29, 0.717) is 12.0 Å². The monoisotopic (exact) mass is 298 g/mol. The van der Waals surface area contributed by atoms with Gasteiger partial charge in [0.2, 0.25) is 0 Å². The molecule has 116 valence electrons. The maximum absolute atomic E-state index is 11.1. The van der Waals surface area contributed by atoms with E-state index < -0.39 is 5.97 Å². The quantitative estimate of drug-likeness (QED) is 0.937. The number of benzene rings is 1. The first-order chi connectivity index (χ1) is 10.3. The van der Waals surface area contributed by atoms with E-state index in [9.17, 15) is 4.79 Å². The van der Waals surface area contributed by atoms with Crippen molar-refractivity contribution in [3.8, 4) is 0 Å². The number of carboxylic acids is 1. The maximum Gasteiger partial charge on any atom is 0.354 e. The lowest BCUT2D eigenvalue weighted by Gasteiger charge is -2.19. The predicted molar refractivity (Wildman–Crippen MR) is 86.3 cm³/mol. The lowest BCUT2D eigenvalue weighted by atomic mass is 9.86. The van der Waals surface area contributed by atoms with Crippen LogP contribution >= 0.6 is 0 Å². The Balaban J connectivity index is 2.11. The Bertz CT molecular complexity index is 670. The minimum atomic E-state index is -1.00. The molecule has 0 aliphatic rings. The second kappa shape index (κ2) is 6.26. The van der Waals surface area contributed by atoms with Crippen LogP contribution in [-0.4, -0.2) is 21.0 Å². The molecule has 0 atom stereocenters. The first-order valence-electron chi connectivity index (χ1n) is 7.42. The molecule has 0 saturated heterocycles. The fraction of sp³-hybridized carbons (Fsp3) is 0.389. The highest BCUT2D eigenvalue weighted by Gasteiger charge is 2.14. The summed E-state index contributed by atoms with van der Waals surface area (Å²) in [7, 11) is 0. The molecule has 0 aliphatic heterocycles. The molecule has 0 bridgehead atoms. The molecule has 0 aliphatic carbocycles. The van der Waals surface area contributed by atoms with E-state index in [2.05, 4.69) is 55.0 Å². The lowest BCUT2D eigenvalue weighted by molar-refractivity contribution is 0.0689. The maximum atomic E-state index is 11.1. The molecule has 4 nitrogen and oxygen atoms in total. The van der Waals surface area contributed by atoms with Gasteiger partial charge in [0.25, 0.3) is 0 Å². The van der Waals surface area contributed by atoms with Crippen LogP contribution in [0.1, 0.15) is 53.6 Å². The fourth-order valence-corrected chi connectivity index (χ4v) is 2.39.